The third-order valence-electron chi connectivity index (χ3n) is 3.26. The van der Waals surface area contributed by atoms with Gasteiger partial charge < -0.3 is 4.74 Å². The fourth-order valence-corrected chi connectivity index (χ4v) is 2.17. The molecule has 0 aliphatic carbocycles. The number of hydrogen-bond acceptors (Lipinski definition) is 3. The van der Waals surface area contributed by atoms with Crippen molar-refractivity contribution in [3.8, 4) is 11.3 Å². The highest BCUT2D eigenvalue weighted by Gasteiger charge is 2.10. The van der Waals surface area contributed by atoms with Gasteiger partial charge in [0.2, 0.25) is 0 Å². The van der Waals surface area contributed by atoms with Crippen LogP contribution in [-0.4, -0.2) is 18.1 Å². The Hall–Kier alpha value is -2.75. The summed E-state index contributed by atoms with van der Waals surface area (Å²) in [7, 11) is 1.32. The molecule has 0 aliphatic heterocycles. The first-order chi connectivity index (χ1) is 10.2. The van der Waals surface area contributed by atoms with E-state index in [9.17, 15) is 9.18 Å². The first-order valence-electron chi connectivity index (χ1n) is 6.43. The number of nitrogens with zero attached hydrogens (tertiary/aromatic N) is 1. The van der Waals surface area contributed by atoms with Crippen LogP contribution < -0.4 is 0 Å². The van der Waals surface area contributed by atoms with E-state index in [4.69, 9.17) is 0 Å². The van der Waals surface area contributed by atoms with E-state index in [1.54, 1.807) is 24.3 Å². The van der Waals surface area contributed by atoms with Crippen molar-refractivity contribution in [3.05, 3.63) is 66.0 Å². The molecule has 0 saturated carbocycles. The van der Waals surface area contributed by atoms with Crippen LogP contribution in [0.1, 0.15) is 10.4 Å². The van der Waals surface area contributed by atoms with E-state index in [0.717, 1.165) is 10.9 Å². The number of hydrogen-bond donors (Lipinski definition) is 0. The zero-order chi connectivity index (χ0) is 14.8. The predicted octanol–water partition coefficient (Wildman–Crippen LogP) is 3.83. The Morgan fingerprint density at radius 2 is 1.81 bits per heavy atom. The number of ether oxygens (including phenoxy) is 1. The summed E-state index contributed by atoms with van der Waals surface area (Å²) in [6.07, 6.45) is 0. The molecule has 4 heteroatoms. The largest absolute Gasteiger partial charge is 0.465 e. The number of para-hydroxylation sites is 1. The van der Waals surface area contributed by atoms with E-state index in [0.29, 0.717) is 11.1 Å². The fourth-order valence-electron chi connectivity index (χ4n) is 2.17. The van der Waals surface area contributed by atoms with Crippen LogP contribution in [0.3, 0.4) is 0 Å². The Morgan fingerprint density at radius 3 is 2.52 bits per heavy atom. The quantitative estimate of drug-likeness (QED) is 0.670. The number of esters is 1. The third-order valence-corrected chi connectivity index (χ3v) is 3.26. The summed E-state index contributed by atoms with van der Waals surface area (Å²) in [5, 5.41) is 0.755. The van der Waals surface area contributed by atoms with Crippen LogP contribution >= 0.6 is 0 Å². The third kappa shape index (κ3) is 2.48. The predicted molar refractivity (Wildman–Crippen MR) is 78.5 cm³/mol. The lowest BCUT2D eigenvalue weighted by Crippen LogP contribution is -2.00. The van der Waals surface area contributed by atoms with Crippen LogP contribution in [0.5, 0.6) is 0 Å². The minimum atomic E-state index is -0.423. The molecule has 104 valence electrons. The molecule has 2 aromatic carbocycles. The summed E-state index contributed by atoms with van der Waals surface area (Å²) in [5.41, 5.74) is 2.03. The maximum absolute atomic E-state index is 14.2. The molecule has 0 bridgehead atoms. The lowest BCUT2D eigenvalue weighted by Gasteiger charge is -2.06. The van der Waals surface area contributed by atoms with Gasteiger partial charge in [0, 0.05) is 10.9 Å². The lowest BCUT2D eigenvalue weighted by molar-refractivity contribution is 0.0601. The van der Waals surface area contributed by atoms with Gasteiger partial charge in [-0.05, 0) is 24.3 Å². The molecular formula is C17H12FNO2. The molecule has 0 saturated heterocycles. The highest BCUT2D eigenvalue weighted by Crippen LogP contribution is 2.24. The van der Waals surface area contributed by atoms with Gasteiger partial charge in [0.15, 0.2) is 0 Å². The van der Waals surface area contributed by atoms with E-state index in [1.807, 2.05) is 24.3 Å². The number of benzene rings is 2. The van der Waals surface area contributed by atoms with E-state index >= 15 is 0 Å². The number of fused-ring (bicyclic) bond motifs is 1. The second-order valence-electron chi connectivity index (χ2n) is 4.58. The highest BCUT2D eigenvalue weighted by molar-refractivity contribution is 5.90. The van der Waals surface area contributed by atoms with Crippen molar-refractivity contribution in [1.29, 1.82) is 0 Å². The minimum absolute atomic E-state index is 0.269. The van der Waals surface area contributed by atoms with E-state index < -0.39 is 5.97 Å². The van der Waals surface area contributed by atoms with Gasteiger partial charge in [0.1, 0.15) is 11.5 Å². The topological polar surface area (TPSA) is 39.2 Å². The molecule has 0 unspecified atom stereocenters. The summed E-state index contributed by atoms with van der Waals surface area (Å²) in [6, 6.07) is 15.3. The summed E-state index contributed by atoms with van der Waals surface area (Å²) < 4.78 is 18.8. The smallest absolute Gasteiger partial charge is 0.337 e. The van der Waals surface area contributed by atoms with Crippen molar-refractivity contribution in [2.24, 2.45) is 0 Å². The summed E-state index contributed by atoms with van der Waals surface area (Å²) in [5.74, 6) is -0.812. The number of halogens is 1. The van der Waals surface area contributed by atoms with Crippen LogP contribution in [0, 0.1) is 5.82 Å². The second kappa shape index (κ2) is 5.32. The van der Waals surface area contributed by atoms with Crippen molar-refractivity contribution in [1.82, 2.24) is 4.98 Å². The average molecular weight is 281 g/mol. The standard InChI is InChI=1S/C17H12FNO2/c1-21-17(20)12-8-6-11(7-9-12)16-14(18)10-13-4-2-3-5-15(13)19-16/h2-10H,1H3. The molecule has 0 atom stereocenters. The molecule has 0 spiro atoms. The second-order valence-corrected chi connectivity index (χ2v) is 4.58. The maximum Gasteiger partial charge on any atom is 0.337 e. The van der Waals surface area contributed by atoms with Crippen molar-refractivity contribution < 1.29 is 13.9 Å². The van der Waals surface area contributed by atoms with Gasteiger partial charge in [-0.3, -0.25) is 0 Å². The molecule has 3 aromatic rings. The summed E-state index contributed by atoms with van der Waals surface area (Å²) >= 11 is 0. The van der Waals surface area contributed by atoms with Gasteiger partial charge in [-0.2, -0.15) is 0 Å². The molecule has 3 nitrogen and oxygen atoms in total. The number of methoxy groups -OCH3 is 1. The van der Waals surface area contributed by atoms with Crippen molar-refractivity contribution in [2.45, 2.75) is 0 Å². The van der Waals surface area contributed by atoms with Crippen molar-refractivity contribution >= 4 is 16.9 Å². The summed E-state index contributed by atoms with van der Waals surface area (Å²) in [4.78, 5) is 15.7. The number of aromatic nitrogens is 1. The Bertz CT molecular complexity index is 813. The Morgan fingerprint density at radius 1 is 1.10 bits per heavy atom. The van der Waals surface area contributed by atoms with Gasteiger partial charge in [0.05, 0.1) is 18.2 Å². The molecule has 0 aliphatic rings. The Balaban J connectivity index is 2.07. The van der Waals surface area contributed by atoms with Gasteiger partial charge >= 0.3 is 5.97 Å². The van der Waals surface area contributed by atoms with Gasteiger partial charge in [0.25, 0.3) is 0 Å². The van der Waals surface area contributed by atoms with Gasteiger partial charge in [-0.15, -0.1) is 0 Å². The first-order valence-corrected chi connectivity index (χ1v) is 6.43. The number of carbonyl (C=O) groups excluding carboxylic acids is 1. The van der Waals surface area contributed by atoms with Gasteiger partial charge in [-0.1, -0.05) is 30.3 Å². The zero-order valence-electron chi connectivity index (χ0n) is 11.3. The molecule has 0 radical (unpaired) electrons. The average Bonchev–Trinajstić information content (AvgIpc) is 2.53. The molecule has 0 amide bonds. The summed E-state index contributed by atoms with van der Waals surface area (Å²) in [6.45, 7) is 0. The Kier molecular flexibility index (Phi) is 3.36. The van der Waals surface area contributed by atoms with Crippen LogP contribution in [0.2, 0.25) is 0 Å². The minimum Gasteiger partial charge on any atom is -0.465 e. The van der Waals surface area contributed by atoms with Crippen molar-refractivity contribution in [2.75, 3.05) is 7.11 Å². The van der Waals surface area contributed by atoms with Crippen molar-refractivity contribution in [3.63, 3.8) is 0 Å². The van der Waals surface area contributed by atoms with E-state index in [-0.39, 0.29) is 11.5 Å². The van der Waals surface area contributed by atoms with Crippen LogP contribution in [0.15, 0.2) is 54.6 Å². The molecule has 0 N–H and O–H groups in total. The van der Waals surface area contributed by atoms with Crippen LogP contribution in [-0.2, 0) is 4.74 Å². The maximum atomic E-state index is 14.2. The molecule has 1 aromatic heterocycles. The Labute approximate surface area is 121 Å². The molecule has 1 heterocycles. The van der Waals surface area contributed by atoms with E-state index in [1.165, 1.54) is 13.2 Å². The SMILES string of the molecule is COC(=O)c1ccc(-c2nc3ccccc3cc2F)cc1. The molecule has 21 heavy (non-hydrogen) atoms. The number of carbonyl (C=O) groups is 1. The molecular weight excluding hydrogens is 269 g/mol. The molecule has 3 rings (SSSR count). The highest BCUT2D eigenvalue weighted by atomic mass is 19.1. The van der Waals surface area contributed by atoms with E-state index in [2.05, 4.69) is 9.72 Å². The zero-order valence-corrected chi connectivity index (χ0v) is 11.3. The number of pyridine rings is 1. The lowest BCUT2D eigenvalue weighted by atomic mass is 10.1. The first kappa shape index (κ1) is 13.2. The molecule has 0 fully saturated rings. The van der Waals surface area contributed by atoms with Crippen LogP contribution in [0.4, 0.5) is 4.39 Å². The monoisotopic (exact) mass is 281 g/mol. The van der Waals surface area contributed by atoms with Gasteiger partial charge in [-0.25, -0.2) is 14.2 Å². The normalized spacial score (nSPS) is 10.6. The number of rotatable bonds is 2. The van der Waals surface area contributed by atoms with Crippen LogP contribution in [0.25, 0.3) is 22.2 Å². The fraction of sp³-hybridized carbons (Fsp3) is 0.0588.